The Bertz CT molecular complexity index is 820. The molecule has 0 bridgehead atoms. The van der Waals surface area contributed by atoms with Crippen LogP contribution < -0.4 is 0 Å². The molecule has 1 heterocycles. The molecular weight excluding hydrogens is 464 g/mol. The maximum atomic E-state index is 13.0. The van der Waals surface area contributed by atoms with Crippen LogP contribution in [0.2, 0.25) is 0 Å². The Balaban J connectivity index is 2.31. The standard InChI is InChI=1S/C25H35ClO8/c1-5-6-7-8-9-10-14-25-15-18(26)22(30)21(25)24(33-17(3)28)23(34-25)19(32-16(2)27)12-11-13-20(29)31-4/h9-10,15,19,21,23-24H,5-8,11-14H2,1-4H3/b10-9-/t19-,21+,23+,24+,25+/m1/s1. The second-order valence-electron chi connectivity index (χ2n) is 8.73. The van der Waals surface area contributed by atoms with Crippen molar-refractivity contribution in [2.24, 2.45) is 5.92 Å². The molecule has 0 saturated carbocycles. The fraction of sp³-hybridized carbons (Fsp3) is 0.680. The Hall–Kier alpha value is -2.19. The summed E-state index contributed by atoms with van der Waals surface area (Å²) in [5.74, 6) is -2.75. The van der Waals surface area contributed by atoms with Gasteiger partial charge in [-0.3, -0.25) is 19.2 Å². The lowest BCUT2D eigenvalue weighted by molar-refractivity contribution is -0.167. The fourth-order valence-corrected chi connectivity index (χ4v) is 4.89. The molecule has 1 aliphatic carbocycles. The van der Waals surface area contributed by atoms with E-state index in [2.05, 4.69) is 11.7 Å². The summed E-state index contributed by atoms with van der Waals surface area (Å²) in [6.07, 6.45) is 8.17. The van der Waals surface area contributed by atoms with Crippen LogP contribution in [0.3, 0.4) is 0 Å². The van der Waals surface area contributed by atoms with Gasteiger partial charge in [-0.15, -0.1) is 0 Å². The zero-order valence-corrected chi connectivity index (χ0v) is 21.1. The molecule has 1 fully saturated rings. The van der Waals surface area contributed by atoms with E-state index in [1.165, 1.54) is 21.0 Å². The number of carbonyl (C=O) groups is 4. The van der Waals surface area contributed by atoms with Gasteiger partial charge in [0, 0.05) is 20.3 Å². The van der Waals surface area contributed by atoms with E-state index < -0.39 is 47.7 Å². The number of ether oxygens (including phenoxy) is 4. The lowest BCUT2D eigenvalue weighted by atomic mass is 9.83. The summed E-state index contributed by atoms with van der Waals surface area (Å²) in [6, 6.07) is 0. The number of hydrogen-bond acceptors (Lipinski definition) is 8. The Labute approximate surface area is 206 Å². The SMILES string of the molecule is CCCCC/C=C\C[C@]12C=C(Cl)C(=O)[C@H]1[C@H](OC(C)=O)[C@H]([C@@H](CCCC(=O)OC)OC(C)=O)O2. The van der Waals surface area contributed by atoms with Gasteiger partial charge in [0.1, 0.15) is 23.9 Å². The van der Waals surface area contributed by atoms with Gasteiger partial charge in [-0.1, -0.05) is 43.5 Å². The van der Waals surface area contributed by atoms with Crippen LogP contribution in [-0.4, -0.2) is 54.7 Å². The van der Waals surface area contributed by atoms with Crippen molar-refractivity contribution >= 4 is 35.3 Å². The fourth-order valence-electron chi connectivity index (χ4n) is 4.59. The number of ketones is 1. The lowest BCUT2D eigenvalue weighted by Gasteiger charge is -2.28. The summed E-state index contributed by atoms with van der Waals surface area (Å²) in [6.45, 7) is 4.65. The van der Waals surface area contributed by atoms with Crippen LogP contribution in [0, 0.1) is 5.92 Å². The molecule has 1 aliphatic heterocycles. The molecule has 0 spiro atoms. The minimum Gasteiger partial charge on any atom is -0.469 e. The highest BCUT2D eigenvalue weighted by Gasteiger charge is 2.63. The summed E-state index contributed by atoms with van der Waals surface area (Å²) in [7, 11) is 1.30. The number of rotatable bonds is 13. The summed E-state index contributed by atoms with van der Waals surface area (Å²) < 4.78 is 22.2. The van der Waals surface area contributed by atoms with Gasteiger partial charge in [-0.05, 0) is 38.2 Å². The number of methoxy groups -OCH3 is 1. The molecule has 0 aromatic carbocycles. The van der Waals surface area contributed by atoms with Crippen LogP contribution in [0.25, 0.3) is 0 Å². The number of Topliss-reactive ketones (excluding diaryl/α,β-unsaturated/α-hetero) is 1. The Morgan fingerprint density at radius 3 is 2.53 bits per heavy atom. The Morgan fingerprint density at radius 2 is 1.91 bits per heavy atom. The minimum absolute atomic E-state index is 0.0368. The van der Waals surface area contributed by atoms with E-state index in [9.17, 15) is 19.2 Å². The van der Waals surface area contributed by atoms with Gasteiger partial charge in [0.2, 0.25) is 0 Å². The molecular formula is C25H35ClO8. The third kappa shape index (κ3) is 7.15. The zero-order valence-electron chi connectivity index (χ0n) is 20.3. The predicted molar refractivity (Wildman–Crippen MR) is 125 cm³/mol. The van der Waals surface area contributed by atoms with Crippen molar-refractivity contribution in [2.45, 2.75) is 96.1 Å². The molecule has 0 aromatic heterocycles. The van der Waals surface area contributed by atoms with Crippen LogP contribution in [0.1, 0.15) is 72.1 Å². The summed E-state index contributed by atoms with van der Waals surface area (Å²) in [5, 5.41) is 0.0368. The van der Waals surface area contributed by atoms with Gasteiger partial charge >= 0.3 is 17.9 Å². The van der Waals surface area contributed by atoms with Gasteiger partial charge in [-0.2, -0.15) is 0 Å². The van der Waals surface area contributed by atoms with Crippen molar-refractivity contribution in [2.75, 3.05) is 7.11 Å². The number of esters is 3. The van der Waals surface area contributed by atoms with Crippen LogP contribution >= 0.6 is 11.6 Å². The van der Waals surface area contributed by atoms with Crippen LogP contribution in [0.5, 0.6) is 0 Å². The maximum Gasteiger partial charge on any atom is 0.305 e. The topological polar surface area (TPSA) is 105 Å². The second-order valence-corrected chi connectivity index (χ2v) is 9.14. The average molecular weight is 499 g/mol. The van der Waals surface area contributed by atoms with E-state index in [4.69, 9.17) is 25.8 Å². The van der Waals surface area contributed by atoms with Gasteiger partial charge in [0.25, 0.3) is 0 Å². The summed E-state index contributed by atoms with van der Waals surface area (Å²) in [5.41, 5.74) is -1.11. The van der Waals surface area contributed by atoms with Crippen LogP contribution in [0.15, 0.2) is 23.3 Å². The number of allylic oxidation sites excluding steroid dienone is 2. The molecule has 0 aromatic rings. The van der Waals surface area contributed by atoms with Gasteiger partial charge < -0.3 is 18.9 Å². The van der Waals surface area contributed by atoms with Gasteiger partial charge in [0.05, 0.1) is 18.1 Å². The molecule has 190 valence electrons. The molecule has 0 unspecified atom stereocenters. The number of fused-ring (bicyclic) bond motifs is 1. The molecule has 0 radical (unpaired) electrons. The molecule has 2 aliphatic rings. The smallest absolute Gasteiger partial charge is 0.305 e. The monoisotopic (exact) mass is 498 g/mol. The molecule has 1 saturated heterocycles. The number of unbranched alkanes of at least 4 members (excludes halogenated alkanes) is 3. The first-order valence-electron chi connectivity index (χ1n) is 11.8. The summed E-state index contributed by atoms with van der Waals surface area (Å²) in [4.78, 5) is 48.4. The predicted octanol–water partition coefficient (Wildman–Crippen LogP) is 4.18. The normalized spacial score (nSPS) is 26.8. The Morgan fingerprint density at radius 1 is 1.18 bits per heavy atom. The van der Waals surface area contributed by atoms with Crippen molar-refractivity contribution in [1.29, 1.82) is 0 Å². The van der Waals surface area contributed by atoms with E-state index >= 15 is 0 Å². The molecule has 8 nitrogen and oxygen atoms in total. The quantitative estimate of drug-likeness (QED) is 0.161. The third-order valence-electron chi connectivity index (χ3n) is 6.08. The maximum absolute atomic E-state index is 13.0. The molecule has 34 heavy (non-hydrogen) atoms. The van der Waals surface area contributed by atoms with Crippen molar-refractivity contribution in [1.82, 2.24) is 0 Å². The third-order valence-corrected chi connectivity index (χ3v) is 6.38. The molecule has 2 rings (SSSR count). The van der Waals surface area contributed by atoms with Gasteiger partial charge in [0.15, 0.2) is 5.78 Å². The van der Waals surface area contributed by atoms with Crippen molar-refractivity contribution < 1.29 is 38.1 Å². The van der Waals surface area contributed by atoms with Gasteiger partial charge in [-0.25, -0.2) is 0 Å². The second kappa shape index (κ2) is 13.0. The summed E-state index contributed by atoms with van der Waals surface area (Å²) >= 11 is 6.21. The number of halogens is 1. The first kappa shape index (κ1) is 28.1. The highest BCUT2D eigenvalue weighted by Crippen LogP contribution is 2.50. The zero-order chi connectivity index (χ0) is 25.3. The average Bonchev–Trinajstić information content (AvgIpc) is 3.20. The highest BCUT2D eigenvalue weighted by atomic mass is 35.5. The lowest BCUT2D eigenvalue weighted by Crippen LogP contribution is -2.43. The van der Waals surface area contributed by atoms with E-state index in [0.717, 1.165) is 25.7 Å². The number of hydrogen-bond donors (Lipinski definition) is 0. The van der Waals surface area contributed by atoms with Crippen molar-refractivity contribution in [3.8, 4) is 0 Å². The number of carbonyl (C=O) groups excluding carboxylic acids is 4. The van der Waals surface area contributed by atoms with E-state index in [1.54, 1.807) is 6.08 Å². The molecule has 5 atom stereocenters. The van der Waals surface area contributed by atoms with Crippen molar-refractivity contribution in [3.63, 3.8) is 0 Å². The first-order chi connectivity index (χ1) is 16.1. The molecule has 0 amide bonds. The van der Waals surface area contributed by atoms with Crippen LogP contribution in [-0.2, 0) is 38.1 Å². The largest absolute Gasteiger partial charge is 0.469 e. The highest BCUT2D eigenvalue weighted by molar-refractivity contribution is 6.44. The van der Waals surface area contributed by atoms with Crippen LogP contribution in [0.4, 0.5) is 0 Å². The first-order valence-corrected chi connectivity index (χ1v) is 12.2. The molecule has 0 N–H and O–H groups in total. The van der Waals surface area contributed by atoms with E-state index in [1.807, 2.05) is 12.2 Å². The minimum atomic E-state index is -1.11. The Kier molecular flexibility index (Phi) is 10.8. The van der Waals surface area contributed by atoms with Crippen molar-refractivity contribution in [3.05, 3.63) is 23.3 Å². The molecule has 9 heteroatoms. The van der Waals surface area contributed by atoms with E-state index in [-0.39, 0.29) is 23.7 Å². The van der Waals surface area contributed by atoms with E-state index in [0.29, 0.717) is 12.8 Å².